The zero-order chi connectivity index (χ0) is 21.6. The molecule has 0 saturated heterocycles. The largest absolute Gasteiger partial charge is 0.506 e. The van der Waals surface area contributed by atoms with Crippen molar-refractivity contribution in [3.05, 3.63) is 91.4 Å². The summed E-state index contributed by atoms with van der Waals surface area (Å²) < 4.78 is 34.0. The van der Waals surface area contributed by atoms with Crippen LogP contribution in [0.5, 0.6) is 11.5 Å². The number of aromatic hydroxyl groups is 2. The average Bonchev–Trinajstić information content (AvgIpc) is 2.65. The first-order chi connectivity index (χ1) is 13.5. The van der Waals surface area contributed by atoms with Crippen molar-refractivity contribution in [2.75, 3.05) is 0 Å². The molecule has 0 amide bonds. The van der Waals surface area contributed by atoms with Crippen LogP contribution in [0.1, 0.15) is 16.7 Å². The third kappa shape index (κ3) is 3.54. The predicted molar refractivity (Wildman–Crippen MR) is 114 cm³/mol. The molecule has 3 aromatic carbocycles. The summed E-state index contributed by atoms with van der Waals surface area (Å²) in [6.45, 7) is 0. The second-order valence-electron chi connectivity index (χ2n) is 6.06. The zero-order valence-corrected chi connectivity index (χ0v) is 18.1. The van der Waals surface area contributed by atoms with Gasteiger partial charge in [-0.15, -0.1) is 0 Å². The Morgan fingerprint density at radius 2 is 1.24 bits per heavy atom. The maximum atomic E-state index is 13.0. The minimum absolute atomic E-state index is 0.0283. The fourth-order valence-electron chi connectivity index (χ4n) is 3.17. The molecular weight excluding hydrogens is 482 g/mol. The highest BCUT2D eigenvalue weighted by Gasteiger charge is 2.51. The van der Waals surface area contributed by atoms with E-state index in [1.54, 1.807) is 0 Å². The maximum Gasteiger partial charge on any atom is 0.283 e. The molecule has 0 aliphatic heterocycles. The topological polar surface area (TPSA) is 94.8 Å². The number of rotatable bonds is 4. The first kappa shape index (κ1) is 22.0. The summed E-state index contributed by atoms with van der Waals surface area (Å²) in [5.74, 6) is -0.796. The molecule has 3 N–H and O–H groups in total. The molecule has 29 heavy (non-hydrogen) atoms. The van der Waals surface area contributed by atoms with Gasteiger partial charge in [0, 0.05) is 16.1 Å². The van der Waals surface area contributed by atoms with Crippen molar-refractivity contribution in [1.82, 2.24) is 0 Å². The summed E-state index contributed by atoms with van der Waals surface area (Å²) >= 11 is 24.6. The third-order valence-electron chi connectivity index (χ3n) is 4.44. The van der Waals surface area contributed by atoms with Crippen molar-refractivity contribution in [2.24, 2.45) is 0 Å². The van der Waals surface area contributed by atoms with E-state index in [-0.39, 0.29) is 37.5 Å². The molecule has 1 unspecified atom stereocenters. The molecule has 3 rings (SSSR count). The summed E-state index contributed by atoms with van der Waals surface area (Å²) in [5, 5.41) is 19.3. The Kier molecular flexibility index (Phi) is 5.98. The van der Waals surface area contributed by atoms with Gasteiger partial charge in [0.15, 0.2) is 4.75 Å². The molecule has 0 aliphatic carbocycles. The van der Waals surface area contributed by atoms with Gasteiger partial charge in [0.25, 0.3) is 10.1 Å². The van der Waals surface area contributed by atoms with Gasteiger partial charge in [-0.05, 0) is 29.8 Å². The number of hydrogen-bond donors (Lipinski definition) is 3. The second kappa shape index (κ2) is 7.87. The van der Waals surface area contributed by atoms with Gasteiger partial charge < -0.3 is 10.2 Å². The summed E-state index contributed by atoms with van der Waals surface area (Å²) in [7, 11) is -5.05. The molecule has 5 nitrogen and oxygen atoms in total. The van der Waals surface area contributed by atoms with Crippen molar-refractivity contribution in [2.45, 2.75) is 4.75 Å². The monoisotopic (exact) mass is 492 g/mol. The smallest absolute Gasteiger partial charge is 0.283 e. The Morgan fingerprint density at radius 1 is 0.690 bits per heavy atom. The highest BCUT2D eigenvalue weighted by molar-refractivity contribution is 7.87. The van der Waals surface area contributed by atoms with Crippen molar-refractivity contribution >= 4 is 56.5 Å². The number of phenolic OH excluding ortho intramolecular Hbond substituents is 2. The van der Waals surface area contributed by atoms with Crippen molar-refractivity contribution < 1.29 is 23.2 Å². The molecule has 0 aliphatic rings. The van der Waals surface area contributed by atoms with Crippen LogP contribution >= 0.6 is 46.4 Å². The van der Waals surface area contributed by atoms with Gasteiger partial charge in [0.05, 0.1) is 10.0 Å². The van der Waals surface area contributed by atoms with E-state index in [0.29, 0.717) is 5.02 Å². The molecule has 0 aromatic heterocycles. The molecule has 0 bridgehead atoms. The van der Waals surface area contributed by atoms with Crippen LogP contribution in [0.15, 0.2) is 54.6 Å². The molecule has 0 saturated carbocycles. The quantitative estimate of drug-likeness (QED) is 0.311. The van der Waals surface area contributed by atoms with E-state index < -0.39 is 20.6 Å². The Balaban J connectivity index is 2.61. The van der Waals surface area contributed by atoms with Gasteiger partial charge in [-0.2, -0.15) is 8.42 Å². The van der Waals surface area contributed by atoms with Gasteiger partial charge in [0.2, 0.25) is 0 Å². The van der Waals surface area contributed by atoms with Crippen LogP contribution in [0.25, 0.3) is 0 Å². The third-order valence-corrected chi connectivity index (χ3v) is 7.41. The van der Waals surface area contributed by atoms with E-state index in [1.165, 1.54) is 48.5 Å². The number of benzene rings is 3. The molecule has 10 heteroatoms. The van der Waals surface area contributed by atoms with Crippen molar-refractivity contribution in [3.63, 3.8) is 0 Å². The molecule has 0 spiro atoms. The van der Waals surface area contributed by atoms with Crippen LogP contribution in [0.4, 0.5) is 0 Å². The first-order valence-corrected chi connectivity index (χ1v) is 10.9. The van der Waals surface area contributed by atoms with Gasteiger partial charge in [-0.25, -0.2) is 0 Å². The van der Waals surface area contributed by atoms with Crippen LogP contribution in [-0.2, 0) is 14.9 Å². The lowest BCUT2D eigenvalue weighted by Crippen LogP contribution is -2.39. The summed E-state index contributed by atoms with van der Waals surface area (Å²) in [6, 6.07) is 11.9. The van der Waals surface area contributed by atoms with E-state index in [1.807, 2.05) is 0 Å². The Bertz CT molecular complexity index is 1200. The standard InChI is InChI=1S/C19H12Cl4O5S/c20-11-6-4-10(5-7-11)19(29(26,27)28,12-2-1-3-14(24)16(12)21)13-8-9-15(25)18(23)17(13)22/h1-9,24-25H,(H,26,27,28). The van der Waals surface area contributed by atoms with Gasteiger partial charge in [-0.3, -0.25) is 4.55 Å². The fourth-order valence-corrected chi connectivity index (χ4v) is 5.47. The second-order valence-corrected chi connectivity index (χ2v) is 9.19. The molecule has 0 fully saturated rings. The van der Waals surface area contributed by atoms with Crippen LogP contribution in [0.2, 0.25) is 20.1 Å². The van der Waals surface area contributed by atoms with E-state index in [2.05, 4.69) is 0 Å². The summed E-state index contributed by atoms with van der Waals surface area (Å²) in [4.78, 5) is 0. The molecular formula is C19H12Cl4O5S. The number of phenols is 2. The normalized spacial score (nSPS) is 13.8. The van der Waals surface area contributed by atoms with Gasteiger partial charge in [-0.1, -0.05) is 76.7 Å². The lowest BCUT2D eigenvalue weighted by atomic mass is 9.83. The molecule has 3 aromatic rings. The van der Waals surface area contributed by atoms with Crippen LogP contribution < -0.4 is 0 Å². The van der Waals surface area contributed by atoms with Gasteiger partial charge in [0.1, 0.15) is 16.5 Å². The lowest BCUT2D eigenvalue weighted by Gasteiger charge is -2.34. The molecule has 0 heterocycles. The Labute approximate surface area is 186 Å². The Hall–Kier alpha value is -1.67. The zero-order valence-electron chi connectivity index (χ0n) is 14.3. The van der Waals surface area contributed by atoms with Gasteiger partial charge >= 0.3 is 0 Å². The number of hydrogen-bond acceptors (Lipinski definition) is 4. The maximum absolute atomic E-state index is 13.0. The minimum atomic E-state index is -5.05. The molecule has 1 atom stereocenters. The lowest BCUT2D eigenvalue weighted by molar-refractivity contribution is 0.455. The van der Waals surface area contributed by atoms with E-state index in [0.717, 1.165) is 6.07 Å². The van der Waals surface area contributed by atoms with Crippen LogP contribution in [-0.4, -0.2) is 23.2 Å². The average molecular weight is 494 g/mol. The molecule has 152 valence electrons. The van der Waals surface area contributed by atoms with Crippen LogP contribution in [0, 0.1) is 0 Å². The SMILES string of the molecule is O=S(=O)(O)C(c1ccc(Cl)cc1)(c1cccc(O)c1Cl)c1ccc(O)c(Cl)c1Cl. The van der Waals surface area contributed by atoms with Crippen molar-refractivity contribution in [3.8, 4) is 11.5 Å². The fraction of sp³-hybridized carbons (Fsp3) is 0.0526. The summed E-state index contributed by atoms with van der Waals surface area (Å²) in [6.07, 6.45) is 0. The van der Waals surface area contributed by atoms with E-state index >= 15 is 0 Å². The highest BCUT2D eigenvalue weighted by atomic mass is 35.5. The van der Waals surface area contributed by atoms with Crippen molar-refractivity contribution in [1.29, 1.82) is 0 Å². The van der Waals surface area contributed by atoms with E-state index in [4.69, 9.17) is 46.4 Å². The minimum Gasteiger partial charge on any atom is -0.506 e. The van der Waals surface area contributed by atoms with Crippen LogP contribution in [0.3, 0.4) is 0 Å². The summed E-state index contributed by atoms with van der Waals surface area (Å²) in [5.41, 5.74) is -0.326. The van der Waals surface area contributed by atoms with E-state index in [9.17, 15) is 23.2 Å². The highest BCUT2D eigenvalue weighted by Crippen LogP contribution is 2.52. The Morgan fingerprint density at radius 3 is 1.83 bits per heavy atom. The first-order valence-electron chi connectivity index (χ1n) is 7.90. The number of halogens is 4. The molecule has 0 radical (unpaired) electrons. The predicted octanol–water partition coefficient (Wildman–Crippen LogP) is 5.89.